The Kier molecular flexibility index (Phi) is 2.46. The lowest BCUT2D eigenvalue weighted by Gasteiger charge is -2.02. The van der Waals surface area contributed by atoms with E-state index in [0.29, 0.717) is 0 Å². The van der Waals surface area contributed by atoms with Crippen molar-refractivity contribution in [3.05, 3.63) is 36.2 Å². The molecule has 2 N–H and O–H groups in total. The first-order valence-electron chi connectivity index (χ1n) is 5.10. The Morgan fingerprint density at radius 2 is 2.20 bits per heavy atom. The van der Waals surface area contributed by atoms with Crippen LogP contribution in [0, 0.1) is 6.92 Å². The summed E-state index contributed by atoms with van der Waals surface area (Å²) < 4.78 is 1.94. The highest BCUT2D eigenvalue weighted by Crippen LogP contribution is 2.24. The Morgan fingerprint density at radius 3 is 2.80 bits per heavy atom. The number of benzene rings is 1. The number of aromatic nitrogens is 2. The molecule has 0 fully saturated rings. The predicted molar refractivity (Wildman–Crippen MR) is 62.5 cm³/mol. The Bertz CT molecular complexity index is 471. The largest absolute Gasteiger partial charge is 0.383 e. The van der Waals surface area contributed by atoms with Crippen LogP contribution in [0.2, 0.25) is 0 Å². The first-order chi connectivity index (χ1) is 7.22. The molecule has 1 aromatic heterocycles. The second-order valence-electron chi connectivity index (χ2n) is 3.63. The molecule has 2 aromatic rings. The van der Waals surface area contributed by atoms with Crippen molar-refractivity contribution in [1.82, 2.24) is 9.55 Å². The van der Waals surface area contributed by atoms with E-state index in [1.165, 1.54) is 5.56 Å². The lowest BCUT2D eigenvalue weighted by molar-refractivity contribution is 0.771. The Balaban J connectivity index is 2.49. The predicted octanol–water partition coefficient (Wildman–Crippen LogP) is 2.46. The fourth-order valence-electron chi connectivity index (χ4n) is 1.66. The first-order valence-corrected chi connectivity index (χ1v) is 5.10. The van der Waals surface area contributed by atoms with Crippen molar-refractivity contribution in [1.29, 1.82) is 0 Å². The van der Waals surface area contributed by atoms with Gasteiger partial charge in [0.1, 0.15) is 11.5 Å². The quantitative estimate of drug-likeness (QED) is 0.811. The average Bonchev–Trinajstić information content (AvgIpc) is 2.59. The molecule has 0 bridgehead atoms. The van der Waals surface area contributed by atoms with Crippen LogP contribution >= 0.6 is 0 Å². The number of nitrogens with zero attached hydrogens (tertiary/aromatic N) is 2. The van der Waals surface area contributed by atoms with Gasteiger partial charge in [0.25, 0.3) is 0 Å². The molecule has 3 nitrogen and oxygen atoms in total. The summed E-state index contributed by atoms with van der Waals surface area (Å²) in [5.41, 5.74) is 9.18. The fourth-order valence-corrected chi connectivity index (χ4v) is 1.66. The van der Waals surface area contributed by atoms with Crippen molar-refractivity contribution in [2.24, 2.45) is 0 Å². The van der Waals surface area contributed by atoms with Crippen LogP contribution in [0.25, 0.3) is 11.3 Å². The summed E-state index contributed by atoms with van der Waals surface area (Å²) >= 11 is 0. The summed E-state index contributed by atoms with van der Waals surface area (Å²) in [6, 6.07) is 8.22. The van der Waals surface area contributed by atoms with Gasteiger partial charge >= 0.3 is 0 Å². The molecule has 0 unspecified atom stereocenters. The molecule has 0 atom stereocenters. The first kappa shape index (κ1) is 9.77. The standard InChI is InChI=1S/C12H15N3/c1-3-15-8-14-11(12(15)13)10-6-4-5-9(2)7-10/h4-8H,3,13H2,1-2H3. The lowest BCUT2D eigenvalue weighted by Crippen LogP contribution is -1.99. The topological polar surface area (TPSA) is 43.8 Å². The van der Waals surface area contributed by atoms with E-state index in [4.69, 9.17) is 5.73 Å². The van der Waals surface area contributed by atoms with Crippen LogP contribution in [0.15, 0.2) is 30.6 Å². The van der Waals surface area contributed by atoms with E-state index in [2.05, 4.69) is 31.0 Å². The van der Waals surface area contributed by atoms with Crippen molar-refractivity contribution in [3.63, 3.8) is 0 Å². The number of aryl methyl sites for hydroxylation is 2. The van der Waals surface area contributed by atoms with Gasteiger partial charge in [-0.05, 0) is 19.9 Å². The molecular weight excluding hydrogens is 186 g/mol. The summed E-state index contributed by atoms with van der Waals surface area (Å²) in [5, 5.41) is 0. The molecule has 1 aromatic carbocycles. The Labute approximate surface area is 89.6 Å². The molecule has 15 heavy (non-hydrogen) atoms. The molecular formula is C12H15N3. The molecule has 0 spiro atoms. The van der Waals surface area contributed by atoms with Crippen molar-refractivity contribution in [2.45, 2.75) is 20.4 Å². The number of nitrogen functional groups attached to an aromatic ring is 1. The zero-order valence-electron chi connectivity index (χ0n) is 9.07. The third-order valence-corrected chi connectivity index (χ3v) is 2.51. The maximum absolute atomic E-state index is 6.00. The van der Waals surface area contributed by atoms with Gasteiger partial charge in [0, 0.05) is 12.1 Å². The SMILES string of the molecule is CCn1cnc(-c2cccc(C)c2)c1N. The fraction of sp³-hybridized carbons (Fsp3) is 0.250. The Hall–Kier alpha value is -1.77. The van der Waals surface area contributed by atoms with E-state index in [9.17, 15) is 0 Å². The highest BCUT2D eigenvalue weighted by atomic mass is 15.1. The minimum absolute atomic E-state index is 0.739. The van der Waals surface area contributed by atoms with Crippen LogP contribution in [-0.4, -0.2) is 9.55 Å². The van der Waals surface area contributed by atoms with E-state index in [0.717, 1.165) is 23.6 Å². The number of rotatable bonds is 2. The minimum atomic E-state index is 0.739. The Morgan fingerprint density at radius 1 is 1.40 bits per heavy atom. The maximum Gasteiger partial charge on any atom is 0.131 e. The second-order valence-corrected chi connectivity index (χ2v) is 3.63. The third-order valence-electron chi connectivity index (χ3n) is 2.51. The molecule has 0 saturated heterocycles. The smallest absolute Gasteiger partial charge is 0.131 e. The van der Waals surface area contributed by atoms with Crippen LogP contribution in [-0.2, 0) is 6.54 Å². The van der Waals surface area contributed by atoms with Gasteiger partial charge in [-0.15, -0.1) is 0 Å². The van der Waals surface area contributed by atoms with Crippen LogP contribution in [0.4, 0.5) is 5.82 Å². The molecule has 0 aliphatic heterocycles. The molecule has 0 saturated carbocycles. The maximum atomic E-state index is 6.00. The summed E-state index contributed by atoms with van der Waals surface area (Å²) in [7, 11) is 0. The van der Waals surface area contributed by atoms with Gasteiger partial charge in [0.05, 0.1) is 6.33 Å². The van der Waals surface area contributed by atoms with E-state index in [1.807, 2.05) is 16.7 Å². The molecule has 0 aliphatic rings. The summed E-state index contributed by atoms with van der Waals surface area (Å²) in [6.45, 7) is 4.97. The molecule has 2 rings (SSSR count). The van der Waals surface area contributed by atoms with E-state index in [-0.39, 0.29) is 0 Å². The molecule has 0 radical (unpaired) electrons. The normalized spacial score (nSPS) is 10.5. The van der Waals surface area contributed by atoms with Gasteiger partial charge < -0.3 is 10.3 Å². The van der Waals surface area contributed by atoms with Gasteiger partial charge in [-0.2, -0.15) is 0 Å². The highest BCUT2D eigenvalue weighted by molar-refractivity contribution is 5.70. The molecule has 0 aliphatic carbocycles. The van der Waals surface area contributed by atoms with Gasteiger partial charge in [0.2, 0.25) is 0 Å². The number of hydrogen-bond donors (Lipinski definition) is 1. The van der Waals surface area contributed by atoms with Crippen molar-refractivity contribution < 1.29 is 0 Å². The third kappa shape index (κ3) is 1.73. The molecule has 78 valence electrons. The van der Waals surface area contributed by atoms with Gasteiger partial charge in [-0.3, -0.25) is 0 Å². The number of imidazole rings is 1. The zero-order valence-corrected chi connectivity index (χ0v) is 9.07. The van der Waals surface area contributed by atoms with Gasteiger partial charge in [0.15, 0.2) is 0 Å². The van der Waals surface area contributed by atoms with Crippen molar-refractivity contribution in [2.75, 3.05) is 5.73 Å². The van der Waals surface area contributed by atoms with Gasteiger partial charge in [-0.1, -0.05) is 23.8 Å². The summed E-state index contributed by atoms with van der Waals surface area (Å²) in [5.74, 6) is 0.739. The van der Waals surface area contributed by atoms with Crippen molar-refractivity contribution >= 4 is 5.82 Å². The summed E-state index contributed by atoms with van der Waals surface area (Å²) in [4.78, 5) is 4.34. The number of hydrogen-bond acceptors (Lipinski definition) is 2. The van der Waals surface area contributed by atoms with Crippen LogP contribution in [0.5, 0.6) is 0 Å². The zero-order chi connectivity index (χ0) is 10.8. The highest BCUT2D eigenvalue weighted by Gasteiger charge is 2.08. The van der Waals surface area contributed by atoms with Crippen molar-refractivity contribution in [3.8, 4) is 11.3 Å². The monoisotopic (exact) mass is 201 g/mol. The van der Waals surface area contributed by atoms with Crippen LogP contribution in [0.1, 0.15) is 12.5 Å². The van der Waals surface area contributed by atoms with E-state index < -0.39 is 0 Å². The average molecular weight is 201 g/mol. The van der Waals surface area contributed by atoms with E-state index >= 15 is 0 Å². The number of anilines is 1. The van der Waals surface area contributed by atoms with Crippen LogP contribution in [0.3, 0.4) is 0 Å². The lowest BCUT2D eigenvalue weighted by atomic mass is 10.1. The molecule has 0 amide bonds. The van der Waals surface area contributed by atoms with E-state index in [1.54, 1.807) is 6.33 Å². The molecule has 1 heterocycles. The molecule has 3 heteroatoms. The van der Waals surface area contributed by atoms with Crippen LogP contribution < -0.4 is 5.73 Å². The van der Waals surface area contributed by atoms with Gasteiger partial charge in [-0.25, -0.2) is 4.98 Å². The number of nitrogens with two attached hydrogens (primary N) is 1. The summed E-state index contributed by atoms with van der Waals surface area (Å²) in [6.07, 6.45) is 1.78. The minimum Gasteiger partial charge on any atom is -0.383 e. The second kappa shape index (κ2) is 3.77.